The molecule has 0 saturated carbocycles. The summed E-state index contributed by atoms with van der Waals surface area (Å²) >= 11 is 0. The van der Waals surface area contributed by atoms with E-state index in [2.05, 4.69) is 12.0 Å². The van der Waals surface area contributed by atoms with Crippen LogP contribution in [0.3, 0.4) is 0 Å². The summed E-state index contributed by atoms with van der Waals surface area (Å²) in [6, 6.07) is 8.76. The molecule has 4 nitrogen and oxygen atoms in total. The van der Waals surface area contributed by atoms with E-state index in [4.69, 9.17) is 5.73 Å². The SMILES string of the molecule is CCCn1cc(C(=O)C(N)c2ccccc2)cn1. The summed E-state index contributed by atoms with van der Waals surface area (Å²) in [5, 5.41) is 4.14. The van der Waals surface area contributed by atoms with Crippen molar-refractivity contribution in [3.63, 3.8) is 0 Å². The van der Waals surface area contributed by atoms with Gasteiger partial charge < -0.3 is 5.73 Å². The van der Waals surface area contributed by atoms with Crippen LogP contribution in [0.25, 0.3) is 0 Å². The number of carbonyl (C=O) groups excluding carboxylic acids is 1. The highest BCUT2D eigenvalue weighted by Gasteiger charge is 2.18. The van der Waals surface area contributed by atoms with Crippen LogP contribution in [0.1, 0.15) is 35.3 Å². The summed E-state index contributed by atoms with van der Waals surface area (Å²) in [6.45, 7) is 2.88. The van der Waals surface area contributed by atoms with E-state index in [1.807, 2.05) is 30.3 Å². The van der Waals surface area contributed by atoms with Gasteiger partial charge in [0, 0.05) is 12.7 Å². The second-order valence-corrected chi connectivity index (χ2v) is 4.24. The van der Waals surface area contributed by atoms with Crippen molar-refractivity contribution in [2.45, 2.75) is 25.9 Å². The maximum Gasteiger partial charge on any atom is 0.187 e. The van der Waals surface area contributed by atoms with Gasteiger partial charge in [-0.25, -0.2) is 0 Å². The Balaban J connectivity index is 2.15. The normalized spacial score (nSPS) is 12.3. The highest BCUT2D eigenvalue weighted by molar-refractivity contribution is 6.00. The molecule has 1 heterocycles. The summed E-state index contributed by atoms with van der Waals surface area (Å²) in [4.78, 5) is 12.2. The van der Waals surface area contributed by atoms with E-state index in [0.29, 0.717) is 5.56 Å². The van der Waals surface area contributed by atoms with Crippen LogP contribution in [0.15, 0.2) is 42.7 Å². The third-order valence-corrected chi connectivity index (χ3v) is 2.81. The minimum Gasteiger partial charge on any atom is -0.318 e. The van der Waals surface area contributed by atoms with Crippen molar-refractivity contribution < 1.29 is 4.79 Å². The fourth-order valence-electron chi connectivity index (χ4n) is 1.83. The lowest BCUT2D eigenvalue weighted by atomic mass is 10.0. The molecule has 0 aliphatic carbocycles. The van der Waals surface area contributed by atoms with Crippen molar-refractivity contribution in [2.75, 3.05) is 0 Å². The van der Waals surface area contributed by atoms with Crippen LogP contribution >= 0.6 is 0 Å². The first-order valence-electron chi connectivity index (χ1n) is 6.09. The van der Waals surface area contributed by atoms with Crippen LogP contribution < -0.4 is 5.73 Å². The Labute approximate surface area is 106 Å². The van der Waals surface area contributed by atoms with Gasteiger partial charge in [-0.05, 0) is 12.0 Å². The van der Waals surface area contributed by atoms with E-state index in [1.165, 1.54) is 0 Å². The van der Waals surface area contributed by atoms with Crippen LogP contribution in [-0.2, 0) is 6.54 Å². The second kappa shape index (κ2) is 5.60. The molecule has 0 spiro atoms. The van der Waals surface area contributed by atoms with E-state index in [0.717, 1.165) is 18.5 Å². The van der Waals surface area contributed by atoms with Gasteiger partial charge in [-0.2, -0.15) is 5.10 Å². The molecule has 2 N–H and O–H groups in total. The van der Waals surface area contributed by atoms with Gasteiger partial charge in [0.1, 0.15) is 0 Å². The number of aromatic nitrogens is 2. The molecule has 2 rings (SSSR count). The molecule has 1 atom stereocenters. The Morgan fingerprint density at radius 2 is 2.11 bits per heavy atom. The molecular formula is C14H17N3O. The van der Waals surface area contributed by atoms with Crippen LogP contribution in [0.2, 0.25) is 0 Å². The number of rotatable bonds is 5. The van der Waals surface area contributed by atoms with Crippen molar-refractivity contribution in [3.05, 3.63) is 53.9 Å². The first-order valence-corrected chi connectivity index (χ1v) is 6.09. The molecule has 0 amide bonds. The summed E-state index contributed by atoms with van der Waals surface area (Å²) < 4.78 is 1.77. The Bertz CT molecular complexity index is 519. The second-order valence-electron chi connectivity index (χ2n) is 4.24. The van der Waals surface area contributed by atoms with E-state index in [1.54, 1.807) is 17.1 Å². The van der Waals surface area contributed by atoms with E-state index in [-0.39, 0.29) is 5.78 Å². The lowest BCUT2D eigenvalue weighted by Gasteiger charge is -2.09. The number of aryl methyl sites for hydroxylation is 1. The van der Waals surface area contributed by atoms with Gasteiger partial charge in [-0.15, -0.1) is 0 Å². The minimum atomic E-state index is -0.620. The molecule has 1 aromatic heterocycles. The Kier molecular flexibility index (Phi) is 3.89. The van der Waals surface area contributed by atoms with Gasteiger partial charge in [-0.1, -0.05) is 37.3 Å². The van der Waals surface area contributed by atoms with Crippen molar-refractivity contribution in [2.24, 2.45) is 5.73 Å². The largest absolute Gasteiger partial charge is 0.318 e. The molecule has 1 unspecified atom stereocenters. The fraction of sp³-hybridized carbons (Fsp3) is 0.286. The molecule has 4 heteroatoms. The average Bonchev–Trinajstić information content (AvgIpc) is 2.87. The molecule has 2 aromatic rings. The number of nitrogens with zero attached hydrogens (tertiary/aromatic N) is 2. The molecule has 0 fully saturated rings. The third kappa shape index (κ3) is 2.65. The smallest absolute Gasteiger partial charge is 0.187 e. The fourth-order valence-corrected chi connectivity index (χ4v) is 1.83. The zero-order chi connectivity index (χ0) is 13.0. The monoisotopic (exact) mass is 243 g/mol. The van der Waals surface area contributed by atoms with Crippen LogP contribution in [0, 0.1) is 0 Å². The van der Waals surface area contributed by atoms with Gasteiger partial charge in [0.15, 0.2) is 5.78 Å². The number of benzene rings is 1. The first-order chi connectivity index (χ1) is 8.72. The zero-order valence-corrected chi connectivity index (χ0v) is 10.4. The highest BCUT2D eigenvalue weighted by Crippen LogP contribution is 2.15. The van der Waals surface area contributed by atoms with Gasteiger partial charge in [0.2, 0.25) is 0 Å². The first kappa shape index (κ1) is 12.5. The Morgan fingerprint density at radius 3 is 2.78 bits per heavy atom. The van der Waals surface area contributed by atoms with Gasteiger partial charge in [0.25, 0.3) is 0 Å². The molecule has 0 bridgehead atoms. The molecular weight excluding hydrogens is 226 g/mol. The molecule has 0 aliphatic rings. The van der Waals surface area contributed by atoms with Gasteiger partial charge in [-0.3, -0.25) is 9.48 Å². The van der Waals surface area contributed by atoms with Crippen molar-refractivity contribution in [1.29, 1.82) is 0 Å². The van der Waals surface area contributed by atoms with Crippen molar-refractivity contribution in [3.8, 4) is 0 Å². The molecule has 0 aliphatic heterocycles. The summed E-state index contributed by atoms with van der Waals surface area (Å²) in [5.41, 5.74) is 7.36. The summed E-state index contributed by atoms with van der Waals surface area (Å²) in [6.07, 6.45) is 4.33. The van der Waals surface area contributed by atoms with Crippen LogP contribution in [0.5, 0.6) is 0 Å². The maximum atomic E-state index is 12.2. The number of nitrogens with two attached hydrogens (primary N) is 1. The summed E-state index contributed by atoms with van der Waals surface area (Å²) in [7, 11) is 0. The number of hydrogen-bond donors (Lipinski definition) is 1. The number of Topliss-reactive ketones (excluding diaryl/α,β-unsaturated/α-hetero) is 1. The lowest BCUT2D eigenvalue weighted by Crippen LogP contribution is -2.21. The Hall–Kier alpha value is -1.94. The topological polar surface area (TPSA) is 60.9 Å². The molecule has 0 saturated heterocycles. The zero-order valence-electron chi connectivity index (χ0n) is 10.4. The number of hydrogen-bond acceptors (Lipinski definition) is 3. The standard InChI is InChI=1S/C14H17N3O/c1-2-8-17-10-12(9-16-17)14(18)13(15)11-6-4-3-5-7-11/h3-7,9-10,13H,2,8,15H2,1H3. The van der Waals surface area contributed by atoms with Crippen LogP contribution in [0.4, 0.5) is 0 Å². The minimum absolute atomic E-state index is 0.0939. The average molecular weight is 243 g/mol. The number of carbonyl (C=O) groups is 1. The molecule has 94 valence electrons. The highest BCUT2D eigenvalue weighted by atomic mass is 16.1. The van der Waals surface area contributed by atoms with E-state index >= 15 is 0 Å². The predicted molar refractivity (Wildman–Crippen MR) is 70.2 cm³/mol. The molecule has 18 heavy (non-hydrogen) atoms. The van der Waals surface area contributed by atoms with Crippen molar-refractivity contribution in [1.82, 2.24) is 9.78 Å². The van der Waals surface area contributed by atoms with Gasteiger partial charge >= 0.3 is 0 Å². The molecule has 0 radical (unpaired) electrons. The quantitative estimate of drug-likeness (QED) is 0.819. The van der Waals surface area contributed by atoms with Crippen LogP contribution in [-0.4, -0.2) is 15.6 Å². The maximum absolute atomic E-state index is 12.2. The lowest BCUT2D eigenvalue weighted by molar-refractivity contribution is 0.0961. The van der Waals surface area contributed by atoms with E-state index < -0.39 is 6.04 Å². The predicted octanol–water partition coefficient (Wildman–Crippen LogP) is 2.18. The number of ketones is 1. The van der Waals surface area contributed by atoms with Gasteiger partial charge in [0.05, 0.1) is 17.8 Å². The molecule has 1 aromatic carbocycles. The Morgan fingerprint density at radius 1 is 1.39 bits per heavy atom. The summed E-state index contributed by atoms with van der Waals surface area (Å²) in [5.74, 6) is -0.0939. The third-order valence-electron chi connectivity index (χ3n) is 2.81. The van der Waals surface area contributed by atoms with Crippen molar-refractivity contribution >= 4 is 5.78 Å². The van der Waals surface area contributed by atoms with E-state index in [9.17, 15) is 4.79 Å².